The molecule has 7 nitrogen and oxygen atoms in total. The van der Waals surface area contributed by atoms with Gasteiger partial charge >= 0.3 is 0 Å². The van der Waals surface area contributed by atoms with E-state index < -0.39 is 4.92 Å². The minimum absolute atomic E-state index is 0.0264. The zero-order valence-corrected chi connectivity index (χ0v) is 18.5. The van der Waals surface area contributed by atoms with Gasteiger partial charge in [0.15, 0.2) is 0 Å². The van der Waals surface area contributed by atoms with Crippen LogP contribution in [-0.2, 0) is 4.79 Å². The lowest BCUT2D eigenvalue weighted by atomic mass is 9.92. The van der Waals surface area contributed by atoms with Crippen molar-refractivity contribution < 1.29 is 19.2 Å². The molecule has 0 spiro atoms. The molecule has 2 aromatic rings. The van der Waals surface area contributed by atoms with Crippen LogP contribution in [0.25, 0.3) is 18.2 Å². The van der Waals surface area contributed by atoms with Crippen molar-refractivity contribution in [3.05, 3.63) is 69.4 Å². The molecule has 0 aliphatic rings. The van der Waals surface area contributed by atoms with Crippen molar-refractivity contribution >= 4 is 29.8 Å². The molecule has 7 heteroatoms. The largest absolute Gasteiger partial charge is 0.497 e. The number of carbonyl (C=O) groups excluding carboxylic acids is 1. The summed E-state index contributed by atoms with van der Waals surface area (Å²) in [6.45, 7) is 6.05. The third kappa shape index (κ3) is 7.62. The minimum Gasteiger partial charge on any atom is -0.497 e. The van der Waals surface area contributed by atoms with Crippen LogP contribution in [0.2, 0.25) is 0 Å². The third-order valence-corrected chi connectivity index (χ3v) is 4.31. The first-order valence-corrected chi connectivity index (χ1v) is 9.77. The molecule has 0 saturated carbocycles. The summed E-state index contributed by atoms with van der Waals surface area (Å²) in [4.78, 5) is 22.3. The maximum atomic E-state index is 12.1. The van der Waals surface area contributed by atoms with Crippen LogP contribution >= 0.6 is 0 Å². The van der Waals surface area contributed by atoms with E-state index >= 15 is 0 Å². The molecule has 0 radical (unpaired) electrons. The molecule has 0 saturated heterocycles. The molecule has 0 heterocycles. The highest BCUT2D eigenvalue weighted by Crippen LogP contribution is 2.31. The maximum absolute atomic E-state index is 12.1. The minimum atomic E-state index is -0.524. The molecule has 0 atom stereocenters. The molecule has 0 aliphatic carbocycles. The maximum Gasteiger partial charge on any atom is 0.235 e. The molecule has 31 heavy (non-hydrogen) atoms. The fourth-order valence-electron chi connectivity index (χ4n) is 2.91. The van der Waals surface area contributed by atoms with Gasteiger partial charge in [-0.25, -0.2) is 0 Å². The van der Waals surface area contributed by atoms with Crippen molar-refractivity contribution in [3.63, 3.8) is 0 Å². The number of methoxy groups -OCH3 is 2. The highest BCUT2D eigenvalue weighted by molar-refractivity contribution is 5.91. The monoisotopic (exact) mass is 424 g/mol. The number of nitrogens with zero attached hydrogens (tertiary/aromatic N) is 1. The molecular weight excluding hydrogens is 396 g/mol. The number of amides is 1. The fraction of sp³-hybridized carbons (Fsp3) is 0.292. The highest BCUT2D eigenvalue weighted by Gasteiger charge is 2.15. The molecule has 1 N–H and O–H groups in total. The molecule has 2 aromatic carbocycles. The van der Waals surface area contributed by atoms with Gasteiger partial charge in [0.25, 0.3) is 0 Å². The van der Waals surface area contributed by atoms with Gasteiger partial charge < -0.3 is 14.8 Å². The molecule has 1 amide bonds. The van der Waals surface area contributed by atoms with E-state index in [1.165, 1.54) is 13.2 Å². The van der Waals surface area contributed by atoms with E-state index in [4.69, 9.17) is 9.47 Å². The smallest absolute Gasteiger partial charge is 0.235 e. The number of anilines is 1. The van der Waals surface area contributed by atoms with Gasteiger partial charge in [-0.3, -0.25) is 14.9 Å². The zero-order chi connectivity index (χ0) is 23.0. The summed E-state index contributed by atoms with van der Waals surface area (Å²) < 4.78 is 10.7. The van der Waals surface area contributed by atoms with Crippen LogP contribution in [0.5, 0.6) is 11.5 Å². The molecule has 0 unspecified atom stereocenters. The summed E-state index contributed by atoms with van der Waals surface area (Å²) in [5.41, 5.74) is 2.83. The summed E-state index contributed by atoms with van der Waals surface area (Å²) in [5.74, 6) is 1.02. The zero-order valence-electron chi connectivity index (χ0n) is 18.5. The van der Waals surface area contributed by atoms with Crippen LogP contribution in [0.4, 0.5) is 5.69 Å². The number of nitrogens with one attached hydrogen (secondary N) is 1. The summed E-state index contributed by atoms with van der Waals surface area (Å²) >= 11 is 0. The molecule has 0 aliphatic heterocycles. The predicted molar refractivity (Wildman–Crippen MR) is 124 cm³/mol. The Morgan fingerprint density at radius 2 is 1.74 bits per heavy atom. The van der Waals surface area contributed by atoms with E-state index in [1.807, 2.05) is 57.2 Å². The quantitative estimate of drug-likeness (QED) is 0.343. The lowest BCUT2D eigenvalue weighted by molar-refractivity contribution is -0.400. The van der Waals surface area contributed by atoms with E-state index in [0.717, 1.165) is 17.5 Å². The number of rotatable bonds is 8. The van der Waals surface area contributed by atoms with Crippen molar-refractivity contribution in [1.29, 1.82) is 0 Å². The van der Waals surface area contributed by atoms with Gasteiger partial charge in [0, 0.05) is 29.8 Å². The lowest BCUT2D eigenvalue weighted by Gasteiger charge is -2.17. The lowest BCUT2D eigenvalue weighted by Crippen LogP contribution is -2.19. The van der Waals surface area contributed by atoms with E-state index in [1.54, 1.807) is 19.2 Å². The van der Waals surface area contributed by atoms with E-state index in [0.29, 0.717) is 29.0 Å². The summed E-state index contributed by atoms with van der Waals surface area (Å²) in [5, 5.41) is 13.7. The molecule has 2 rings (SSSR count). The normalized spacial score (nSPS) is 11.6. The van der Waals surface area contributed by atoms with Crippen molar-refractivity contribution in [3.8, 4) is 11.5 Å². The topological polar surface area (TPSA) is 90.7 Å². The van der Waals surface area contributed by atoms with Crippen LogP contribution in [0.3, 0.4) is 0 Å². The number of hydrogen-bond acceptors (Lipinski definition) is 5. The number of ether oxygens (including phenoxy) is 2. The third-order valence-electron chi connectivity index (χ3n) is 4.31. The van der Waals surface area contributed by atoms with Crippen LogP contribution in [0.1, 0.15) is 43.9 Å². The molecular formula is C24H28N2O5. The SMILES string of the molecule is COc1cc(/C=C/c2ccc(NC(=O)CC(C)(C)C)cc2)c(/C=C/[N+](=O)[O-])c(OC)c1. The average Bonchev–Trinajstić information content (AvgIpc) is 2.69. The van der Waals surface area contributed by atoms with Crippen LogP contribution in [0, 0.1) is 15.5 Å². The highest BCUT2D eigenvalue weighted by atomic mass is 16.6. The number of hydrogen-bond donors (Lipinski definition) is 1. The van der Waals surface area contributed by atoms with Crippen molar-refractivity contribution in [2.75, 3.05) is 19.5 Å². The number of carbonyl (C=O) groups is 1. The van der Waals surface area contributed by atoms with Gasteiger partial charge in [-0.1, -0.05) is 45.1 Å². The summed E-state index contributed by atoms with van der Waals surface area (Å²) in [6.07, 6.45) is 6.41. The second-order valence-corrected chi connectivity index (χ2v) is 8.17. The first-order chi connectivity index (χ1) is 14.6. The second-order valence-electron chi connectivity index (χ2n) is 8.17. The van der Waals surface area contributed by atoms with Gasteiger partial charge in [0.2, 0.25) is 12.1 Å². The first-order valence-electron chi connectivity index (χ1n) is 9.77. The van der Waals surface area contributed by atoms with Crippen LogP contribution in [-0.4, -0.2) is 25.1 Å². The van der Waals surface area contributed by atoms with Gasteiger partial charge in [-0.15, -0.1) is 0 Å². The standard InChI is InChI=1S/C24H28N2O5/c1-24(2,3)16-23(27)25-19-10-7-17(8-11-19)6-9-18-14-20(30-4)15-22(31-5)21(18)12-13-26(28)29/h6-15H,16H2,1-5H3,(H,25,27)/b9-6+,13-12+. The van der Waals surface area contributed by atoms with E-state index in [-0.39, 0.29) is 11.3 Å². The Balaban J connectivity index is 2.26. The van der Waals surface area contributed by atoms with Gasteiger partial charge in [0.05, 0.1) is 19.1 Å². The van der Waals surface area contributed by atoms with Gasteiger partial charge in [-0.2, -0.15) is 0 Å². The van der Waals surface area contributed by atoms with Gasteiger partial charge in [0.1, 0.15) is 11.5 Å². The Kier molecular flexibility index (Phi) is 7.96. The summed E-state index contributed by atoms with van der Waals surface area (Å²) in [7, 11) is 3.04. The average molecular weight is 424 g/mol. The van der Waals surface area contributed by atoms with Gasteiger partial charge in [-0.05, 0) is 34.7 Å². The van der Waals surface area contributed by atoms with Crippen LogP contribution in [0.15, 0.2) is 42.6 Å². The van der Waals surface area contributed by atoms with E-state index in [9.17, 15) is 14.9 Å². The Labute approximate surface area is 182 Å². The predicted octanol–water partition coefficient (Wildman–Crippen LogP) is 5.50. The van der Waals surface area contributed by atoms with Crippen molar-refractivity contribution in [1.82, 2.24) is 0 Å². The Morgan fingerprint density at radius 3 is 2.29 bits per heavy atom. The Bertz CT molecular complexity index is 986. The molecule has 164 valence electrons. The molecule has 0 aromatic heterocycles. The Morgan fingerprint density at radius 1 is 1.06 bits per heavy atom. The first kappa shape index (κ1) is 23.7. The molecule has 0 bridgehead atoms. The second kappa shape index (κ2) is 10.4. The van der Waals surface area contributed by atoms with Crippen molar-refractivity contribution in [2.24, 2.45) is 5.41 Å². The molecule has 0 fully saturated rings. The fourth-order valence-corrected chi connectivity index (χ4v) is 2.91. The van der Waals surface area contributed by atoms with Crippen molar-refractivity contribution in [2.45, 2.75) is 27.2 Å². The van der Waals surface area contributed by atoms with Crippen LogP contribution < -0.4 is 14.8 Å². The Hall–Kier alpha value is -3.61. The summed E-state index contributed by atoms with van der Waals surface area (Å²) in [6, 6.07) is 10.9. The number of nitro groups is 1. The number of benzene rings is 2. The van der Waals surface area contributed by atoms with E-state index in [2.05, 4.69) is 5.32 Å².